The van der Waals surface area contributed by atoms with Crippen LogP contribution in [0.5, 0.6) is 0 Å². The van der Waals surface area contributed by atoms with Gasteiger partial charge >= 0.3 is 0 Å². The van der Waals surface area contributed by atoms with Crippen LogP contribution in [0.15, 0.2) is 54.6 Å². The van der Waals surface area contributed by atoms with E-state index in [1.54, 1.807) is 0 Å². The number of hydrogen-bond acceptors (Lipinski definition) is 0. The summed E-state index contributed by atoms with van der Waals surface area (Å²) in [5.41, 5.74) is 3.94. The minimum atomic E-state index is 0. The lowest BCUT2D eigenvalue weighted by Gasteiger charge is -2.04. The molecule has 86 valence electrons. The van der Waals surface area contributed by atoms with E-state index in [1.807, 2.05) is 19.9 Å². The van der Waals surface area contributed by atoms with Crippen LogP contribution in [0.3, 0.4) is 0 Å². The molecule has 0 fully saturated rings. The molecule has 0 spiro atoms. The summed E-state index contributed by atoms with van der Waals surface area (Å²) in [7, 11) is 0. The van der Waals surface area contributed by atoms with Crippen LogP contribution in [0.4, 0.5) is 0 Å². The Hall–Kier alpha value is -1.56. The van der Waals surface area contributed by atoms with Gasteiger partial charge in [-0.1, -0.05) is 75.9 Å². The van der Waals surface area contributed by atoms with E-state index in [-0.39, 0.29) is 7.43 Å². The van der Waals surface area contributed by atoms with Gasteiger partial charge in [0.05, 0.1) is 0 Å². The zero-order chi connectivity index (χ0) is 11.1. The molecule has 0 amide bonds. The van der Waals surface area contributed by atoms with Crippen LogP contribution >= 0.6 is 0 Å². The van der Waals surface area contributed by atoms with Crippen LogP contribution in [-0.2, 0) is 0 Å². The standard InChI is InChI=1S/C13H12.C2H6.CH4/c1-11-7-5-6-10-13(11)12-8-3-2-4-9-12;1-2;/h2-10H,1H3;1-2H3;1H4. The number of benzene rings is 2. The lowest BCUT2D eigenvalue weighted by atomic mass is 10.0. The van der Waals surface area contributed by atoms with E-state index in [2.05, 4.69) is 55.5 Å². The smallest absolute Gasteiger partial charge is 0.0155 e. The van der Waals surface area contributed by atoms with Crippen molar-refractivity contribution in [3.05, 3.63) is 60.2 Å². The van der Waals surface area contributed by atoms with Crippen molar-refractivity contribution < 1.29 is 0 Å². The van der Waals surface area contributed by atoms with Gasteiger partial charge in [-0.3, -0.25) is 0 Å². The van der Waals surface area contributed by atoms with Crippen molar-refractivity contribution in [3.63, 3.8) is 0 Å². The first-order chi connectivity index (χ1) is 7.38. The number of hydrogen-bond donors (Lipinski definition) is 0. The lowest BCUT2D eigenvalue weighted by molar-refractivity contribution is 1.46. The molecule has 0 bridgehead atoms. The zero-order valence-electron chi connectivity index (χ0n) is 9.70. The van der Waals surface area contributed by atoms with Crippen LogP contribution in [0.1, 0.15) is 26.8 Å². The molecule has 0 radical (unpaired) electrons. The van der Waals surface area contributed by atoms with Gasteiger partial charge in [0.15, 0.2) is 0 Å². The van der Waals surface area contributed by atoms with Crippen molar-refractivity contribution in [2.45, 2.75) is 28.2 Å². The summed E-state index contributed by atoms with van der Waals surface area (Å²) in [5.74, 6) is 0. The van der Waals surface area contributed by atoms with E-state index < -0.39 is 0 Å². The second-order valence-electron chi connectivity index (χ2n) is 3.18. The molecular formula is C16H22. The van der Waals surface area contributed by atoms with Crippen molar-refractivity contribution in [2.75, 3.05) is 0 Å². The molecule has 2 aromatic rings. The van der Waals surface area contributed by atoms with E-state index in [0.717, 1.165) is 0 Å². The number of rotatable bonds is 1. The first-order valence-electron chi connectivity index (χ1n) is 5.49. The first-order valence-corrected chi connectivity index (χ1v) is 5.49. The Balaban J connectivity index is 0.000000711. The third-order valence-electron chi connectivity index (χ3n) is 2.23. The highest BCUT2D eigenvalue weighted by atomic mass is 14.0. The molecule has 0 atom stereocenters. The Kier molecular flexibility index (Phi) is 6.95. The highest BCUT2D eigenvalue weighted by molar-refractivity contribution is 5.66. The minimum Gasteiger partial charge on any atom is -0.0776 e. The summed E-state index contributed by atoms with van der Waals surface area (Å²) in [5, 5.41) is 0. The first kappa shape index (κ1) is 14.4. The fraction of sp³-hybridized carbons (Fsp3) is 0.250. The largest absolute Gasteiger partial charge is 0.0776 e. The molecule has 16 heavy (non-hydrogen) atoms. The van der Waals surface area contributed by atoms with Crippen molar-refractivity contribution in [1.82, 2.24) is 0 Å². The van der Waals surface area contributed by atoms with Crippen molar-refractivity contribution >= 4 is 0 Å². The molecule has 0 aromatic heterocycles. The molecule has 0 nitrogen and oxygen atoms in total. The lowest BCUT2D eigenvalue weighted by Crippen LogP contribution is -1.80. The molecule has 0 heterocycles. The van der Waals surface area contributed by atoms with Gasteiger partial charge in [0.1, 0.15) is 0 Å². The number of aryl methyl sites for hydroxylation is 1. The molecule has 2 aromatic carbocycles. The fourth-order valence-corrected chi connectivity index (χ4v) is 1.51. The minimum absolute atomic E-state index is 0. The maximum absolute atomic E-state index is 2.16. The van der Waals surface area contributed by atoms with Crippen molar-refractivity contribution in [3.8, 4) is 11.1 Å². The second kappa shape index (κ2) is 7.70. The molecule has 0 saturated heterocycles. The molecule has 0 aliphatic heterocycles. The molecule has 0 N–H and O–H groups in total. The molecule has 0 aliphatic carbocycles. The van der Waals surface area contributed by atoms with Crippen molar-refractivity contribution in [2.24, 2.45) is 0 Å². The van der Waals surface area contributed by atoms with Crippen LogP contribution < -0.4 is 0 Å². The van der Waals surface area contributed by atoms with Gasteiger partial charge < -0.3 is 0 Å². The monoisotopic (exact) mass is 214 g/mol. The Morgan fingerprint density at radius 1 is 0.688 bits per heavy atom. The third kappa shape index (κ3) is 3.54. The maximum atomic E-state index is 2.16. The fourth-order valence-electron chi connectivity index (χ4n) is 1.51. The molecule has 0 heteroatoms. The Morgan fingerprint density at radius 2 is 1.19 bits per heavy atom. The van der Waals surface area contributed by atoms with Gasteiger partial charge in [-0.05, 0) is 23.6 Å². The van der Waals surface area contributed by atoms with Gasteiger partial charge in [-0.25, -0.2) is 0 Å². The van der Waals surface area contributed by atoms with Crippen LogP contribution in [-0.4, -0.2) is 0 Å². The molecular weight excluding hydrogens is 192 g/mol. The summed E-state index contributed by atoms with van der Waals surface area (Å²) in [6.07, 6.45) is 0. The van der Waals surface area contributed by atoms with Gasteiger partial charge in [0.2, 0.25) is 0 Å². The predicted molar refractivity (Wildman–Crippen MR) is 74.7 cm³/mol. The quantitative estimate of drug-likeness (QED) is 0.602. The van der Waals surface area contributed by atoms with E-state index in [0.29, 0.717) is 0 Å². The van der Waals surface area contributed by atoms with Gasteiger partial charge in [-0.2, -0.15) is 0 Å². The Labute approximate surface area is 100.0 Å². The highest BCUT2D eigenvalue weighted by Gasteiger charge is 1.97. The van der Waals surface area contributed by atoms with Gasteiger partial charge in [-0.15, -0.1) is 0 Å². The average molecular weight is 214 g/mol. The van der Waals surface area contributed by atoms with Gasteiger partial charge in [0, 0.05) is 0 Å². The Bertz CT molecular complexity index is 388. The van der Waals surface area contributed by atoms with Gasteiger partial charge in [0.25, 0.3) is 0 Å². The topological polar surface area (TPSA) is 0 Å². The Morgan fingerprint density at radius 3 is 1.75 bits per heavy atom. The molecule has 0 aliphatic rings. The zero-order valence-corrected chi connectivity index (χ0v) is 9.70. The molecule has 0 saturated carbocycles. The third-order valence-corrected chi connectivity index (χ3v) is 2.23. The summed E-state index contributed by atoms with van der Waals surface area (Å²) < 4.78 is 0. The summed E-state index contributed by atoms with van der Waals surface area (Å²) in [6, 6.07) is 18.9. The highest BCUT2D eigenvalue weighted by Crippen LogP contribution is 2.21. The van der Waals surface area contributed by atoms with E-state index >= 15 is 0 Å². The summed E-state index contributed by atoms with van der Waals surface area (Å²) in [4.78, 5) is 0. The van der Waals surface area contributed by atoms with Crippen LogP contribution in [0, 0.1) is 6.92 Å². The SMILES string of the molecule is C.CC.Cc1ccccc1-c1ccccc1. The van der Waals surface area contributed by atoms with Crippen LogP contribution in [0.2, 0.25) is 0 Å². The van der Waals surface area contributed by atoms with Crippen molar-refractivity contribution in [1.29, 1.82) is 0 Å². The molecule has 0 unspecified atom stereocenters. The maximum Gasteiger partial charge on any atom is -0.0155 e. The van der Waals surface area contributed by atoms with Crippen LogP contribution in [0.25, 0.3) is 11.1 Å². The summed E-state index contributed by atoms with van der Waals surface area (Å²) >= 11 is 0. The van der Waals surface area contributed by atoms with E-state index in [9.17, 15) is 0 Å². The summed E-state index contributed by atoms with van der Waals surface area (Å²) in [6.45, 7) is 6.14. The van der Waals surface area contributed by atoms with E-state index in [1.165, 1.54) is 16.7 Å². The average Bonchev–Trinajstić information content (AvgIpc) is 2.33. The normalized spacial score (nSPS) is 8.44. The predicted octanol–water partition coefficient (Wildman–Crippen LogP) is 5.32. The molecule has 2 rings (SSSR count). The van der Waals surface area contributed by atoms with E-state index in [4.69, 9.17) is 0 Å². The second-order valence-corrected chi connectivity index (χ2v) is 3.18.